The van der Waals surface area contributed by atoms with Crippen LogP contribution in [-0.2, 0) is 6.18 Å². The maximum absolute atomic E-state index is 12.7. The molecule has 2 amide bonds. The Morgan fingerprint density at radius 3 is 2.38 bits per heavy atom. The maximum Gasteiger partial charge on any atom is 0.416 e. The van der Waals surface area contributed by atoms with E-state index in [0.717, 1.165) is 6.07 Å². The second-order valence-electron chi connectivity index (χ2n) is 4.97. The van der Waals surface area contributed by atoms with Crippen LogP contribution in [0.4, 0.5) is 23.7 Å². The number of hydrogen-bond donors (Lipinski definition) is 1. The molecule has 9 heteroatoms. The van der Waals surface area contributed by atoms with Gasteiger partial charge in [0.05, 0.1) is 5.56 Å². The van der Waals surface area contributed by atoms with Crippen LogP contribution in [0.1, 0.15) is 5.56 Å². The molecule has 0 saturated heterocycles. The molecule has 1 heterocycles. The average molecular weight is 360 g/mol. The minimum Gasteiger partial charge on any atom is -0.439 e. The first-order chi connectivity index (χ1) is 11.1. The molecular weight excluding hydrogens is 347 g/mol. The number of ether oxygens (including phenoxy) is 1. The Hall–Kier alpha value is -2.48. The maximum atomic E-state index is 12.7. The molecule has 0 atom stereocenters. The first-order valence-corrected chi connectivity index (χ1v) is 7.04. The van der Waals surface area contributed by atoms with Gasteiger partial charge in [-0.3, -0.25) is 0 Å². The first kappa shape index (κ1) is 17.9. The Bertz CT molecular complexity index is 734. The zero-order chi connectivity index (χ0) is 17.9. The van der Waals surface area contributed by atoms with E-state index in [1.165, 1.54) is 17.0 Å². The van der Waals surface area contributed by atoms with Crippen molar-refractivity contribution in [3.63, 3.8) is 0 Å². The topological polar surface area (TPSA) is 54.5 Å². The Labute approximate surface area is 141 Å². The lowest BCUT2D eigenvalue weighted by Gasteiger charge is -2.13. The van der Waals surface area contributed by atoms with Crippen LogP contribution < -0.4 is 10.1 Å². The van der Waals surface area contributed by atoms with Crippen molar-refractivity contribution >= 4 is 23.3 Å². The molecular formula is C15H13ClF3N3O2. The van der Waals surface area contributed by atoms with E-state index in [9.17, 15) is 18.0 Å². The second kappa shape index (κ2) is 6.96. The van der Waals surface area contributed by atoms with E-state index in [1.54, 1.807) is 26.2 Å². The van der Waals surface area contributed by atoms with Gasteiger partial charge in [0.2, 0.25) is 5.88 Å². The van der Waals surface area contributed by atoms with Gasteiger partial charge < -0.3 is 15.0 Å². The largest absolute Gasteiger partial charge is 0.439 e. The molecule has 0 aliphatic rings. The van der Waals surface area contributed by atoms with Gasteiger partial charge in [0.15, 0.2) is 0 Å². The van der Waals surface area contributed by atoms with Crippen LogP contribution in [0.2, 0.25) is 5.15 Å². The van der Waals surface area contributed by atoms with E-state index in [2.05, 4.69) is 10.3 Å². The number of rotatable bonds is 3. The summed E-state index contributed by atoms with van der Waals surface area (Å²) in [5.41, 5.74) is -0.441. The molecule has 1 aromatic heterocycles. The highest BCUT2D eigenvalue weighted by atomic mass is 35.5. The van der Waals surface area contributed by atoms with Crippen LogP contribution in [0.5, 0.6) is 11.6 Å². The van der Waals surface area contributed by atoms with E-state index in [0.29, 0.717) is 11.8 Å². The quantitative estimate of drug-likeness (QED) is 0.812. The van der Waals surface area contributed by atoms with Crippen molar-refractivity contribution in [2.45, 2.75) is 6.18 Å². The number of carbonyl (C=O) groups excluding carboxylic acids is 1. The number of pyridine rings is 1. The number of amides is 2. The van der Waals surface area contributed by atoms with Crippen molar-refractivity contribution < 1.29 is 22.7 Å². The first-order valence-electron chi connectivity index (χ1n) is 6.66. The second-order valence-corrected chi connectivity index (χ2v) is 5.35. The van der Waals surface area contributed by atoms with Crippen molar-refractivity contribution in [3.05, 3.63) is 47.1 Å². The number of aromatic nitrogens is 1. The fourth-order valence-corrected chi connectivity index (χ4v) is 1.85. The number of benzene rings is 1. The third-order valence-electron chi connectivity index (χ3n) is 2.83. The van der Waals surface area contributed by atoms with Crippen molar-refractivity contribution in [2.24, 2.45) is 0 Å². The summed E-state index contributed by atoms with van der Waals surface area (Å²) in [7, 11) is 3.19. The highest BCUT2D eigenvalue weighted by molar-refractivity contribution is 6.29. The van der Waals surface area contributed by atoms with Gasteiger partial charge in [0, 0.05) is 25.8 Å². The summed E-state index contributed by atoms with van der Waals surface area (Å²) >= 11 is 5.59. The SMILES string of the molecule is CN(C)C(=O)Nc1ccc(Oc2cc(C(F)(F)F)cc(Cl)n2)cc1. The van der Waals surface area contributed by atoms with Crippen LogP contribution in [-0.4, -0.2) is 30.0 Å². The molecule has 128 valence electrons. The summed E-state index contributed by atoms with van der Waals surface area (Å²) in [5, 5.41) is 2.29. The Morgan fingerprint density at radius 1 is 1.21 bits per heavy atom. The number of halogens is 4. The van der Waals surface area contributed by atoms with Gasteiger partial charge in [-0.25, -0.2) is 9.78 Å². The van der Waals surface area contributed by atoms with Crippen LogP contribution in [0.25, 0.3) is 0 Å². The fraction of sp³-hybridized carbons (Fsp3) is 0.200. The van der Waals surface area contributed by atoms with Crippen LogP contribution in [0, 0.1) is 0 Å². The molecule has 1 aromatic carbocycles. The molecule has 0 fully saturated rings. The number of urea groups is 1. The summed E-state index contributed by atoms with van der Waals surface area (Å²) in [5.74, 6) is -0.0272. The summed E-state index contributed by atoms with van der Waals surface area (Å²) in [6.07, 6.45) is -4.55. The molecule has 0 aliphatic heterocycles. The summed E-state index contributed by atoms with van der Waals surface area (Å²) in [4.78, 5) is 16.6. The van der Waals surface area contributed by atoms with E-state index < -0.39 is 11.7 Å². The van der Waals surface area contributed by atoms with Gasteiger partial charge in [-0.15, -0.1) is 0 Å². The van der Waals surface area contributed by atoms with Crippen LogP contribution >= 0.6 is 11.6 Å². The van der Waals surface area contributed by atoms with Gasteiger partial charge in [-0.05, 0) is 30.3 Å². The van der Waals surface area contributed by atoms with E-state index >= 15 is 0 Å². The van der Waals surface area contributed by atoms with Crippen LogP contribution in [0.3, 0.4) is 0 Å². The zero-order valence-electron chi connectivity index (χ0n) is 12.7. The lowest BCUT2D eigenvalue weighted by Crippen LogP contribution is -2.27. The van der Waals surface area contributed by atoms with Gasteiger partial charge in [0.25, 0.3) is 0 Å². The molecule has 0 spiro atoms. The monoisotopic (exact) mass is 359 g/mol. The summed E-state index contributed by atoms with van der Waals surface area (Å²) in [6, 6.07) is 7.23. The highest BCUT2D eigenvalue weighted by Crippen LogP contribution is 2.33. The Morgan fingerprint density at radius 2 is 1.83 bits per heavy atom. The van der Waals surface area contributed by atoms with E-state index in [-0.39, 0.29) is 22.8 Å². The molecule has 1 N–H and O–H groups in total. The molecule has 0 bridgehead atoms. The third kappa shape index (κ3) is 4.76. The number of nitrogens with zero attached hydrogens (tertiary/aromatic N) is 2. The van der Waals surface area contributed by atoms with Gasteiger partial charge >= 0.3 is 12.2 Å². The molecule has 0 radical (unpaired) electrons. The van der Waals surface area contributed by atoms with E-state index in [4.69, 9.17) is 16.3 Å². The summed E-state index contributed by atoms with van der Waals surface area (Å²) in [6.45, 7) is 0. The Balaban J connectivity index is 2.14. The number of carbonyl (C=O) groups is 1. The average Bonchev–Trinajstić information content (AvgIpc) is 2.47. The molecule has 0 saturated carbocycles. The molecule has 5 nitrogen and oxygen atoms in total. The Kier molecular flexibility index (Phi) is 5.18. The van der Waals surface area contributed by atoms with Gasteiger partial charge in [-0.1, -0.05) is 11.6 Å². The molecule has 24 heavy (non-hydrogen) atoms. The fourth-order valence-electron chi connectivity index (χ4n) is 1.65. The minimum absolute atomic E-state index is 0.251. The number of alkyl halides is 3. The third-order valence-corrected chi connectivity index (χ3v) is 3.03. The minimum atomic E-state index is -4.55. The van der Waals surface area contributed by atoms with Crippen molar-refractivity contribution in [2.75, 3.05) is 19.4 Å². The number of nitrogens with one attached hydrogen (secondary N) is 1. The molecule has 0 unspecified atom stereocenters. The molecule has 0 aliphatic carbocycles. The highest BCUT2D eigenvalue weighted by Gasteiger charge is 2.31. The zero-order valence-corrected chi connectivity index (χ0v) is 13.4. The predicted octanol–water partition coefficient (Wildman–Crippen LogP) is 4.64. The van der Waals surface area contributed by atoms with E-state index in [1.807, 2.05) is 0 Å². The van der Waals surface area contributed by atoms with Crippen molar-refractivity contribution in [3.8, 4) is 11.6 Å². The predicted molar refractivity (Wildman–Crippen MR) is 83.5 cm³/mol. The normalized spacial score (nSPS) is 11.1. The standard InChI is InChI=1S/C15H13ClF3N3O2/c1-22(2)14(23)20-10-3-5-11(6-4-10)24-13-8-9(15(17,18)19)7-12(16)21-13/h3-8H,1-2H3,(H,20,23). The van der Waals surface area contributed by atoms with Crippen LogP contribution in [0.15, 0.2) is 36.4 Å². The van der Waals surface area contributed by atoms with Crippen molar-refractivity contribution in [1.82, 2.24) is 9.88 Å². The lowest BCUT2D eigenvalue weighted by molar-refractivity contribution is -0.137. The number of hydrogen-bond acceptors (Lipinski definition) is 3. The van der Waals surface area contributed by atoms with Gasteiger partial charge in [-0.2, -0.15) is 13.2 Å². The smallest absolute Gasteiger partial charge is 0.416 e. The molecule has 2 rings (SSSR count). The van der Waals surface area contributed by atoms with Gasteiger partial charge in [0.1, 0.15) is 10.9 Å². The van der Waals surface area contributed by atoms with Crippen molar-refractivity contribution in [1.29, 1.82) is 0 Å². The lowest BCUT2D eigenvalue weighted by atomic mass is 10.2. The molecule has 2 aromatic rings. The summed E-state index contributed by atoms with van der Waals surface area (Å²) < 4.78 is 43.5. The number of anilines is 1.